The molecule has 5 heteroatoms. The number of benzene rings is 1. The van der Waals surface area contributed by atoms with Crippen LogP contribution in [-0.2, 0) is 4.84 Å². The van der Waals surface area contributed by atoms with E-state index in [9.17, 15) is 5.11 Å². The molecule has 0 saturated carbocycles. The second-order valence-corrected chi connectivity index (χ2v) is 5.16. The molecule has 2 fully saturated rings. The van der Waals surface area contributed by atoms with Crippen LogP contribution in [0.4, 0.5) is 0 Å². The highest BCUT2D eigenvalue weighted by molar-refractivity contribution is 5.21. The summed E-state index contributed by atoms with van der Waals surface area (Å²) in [5, 5.41) is 15.0. The molecule has 2 aliphatic rings. The average molecular weight is 264 g/mol. The van der Waals surface area contributed by atoms with Crippen molar-refractivity contribution in [3.05, 3.63) is 30.3 Å². The van der Waals surface area contributed by atoms with Crippen molar-refractivity contribution in [1.82, 2.24) is 10.4 Å². The van der Waals surface area contributed by atoms with Gasteiger partial charge in [-0.3, -0.25) is 4.84 Å². The Hall–Kier alpha value is -1.14. The van der Waals surface area contributed by atoms with Gasteiger partial charge in [-0.15, -0.1) is 0 Å². The fraction of sp³-hybridized carbons (Fsp3) is 0.571. The SMILES string of the molecule is CN1O[C@H]2CN[C@H]([C@H](CO)Oc3ccccc3)[C@@H]1C2. The van der Waals surface area contributed by atoms with E-state index in [2.05, 4.69) is 5.32 Å². The van der Waals surface area contributed by atoms with Crippen molar-refractivity contribution < 1.29 is 14.7 Å². The van der Waals surface area contributed by atoms with Crippen LogP contribution in [0.2, 0.25) is 0 Å². The zero-order chi connectivity index (χ0) is 13.2. The molecule has 2 heterocycles. The molecule has 0 radical (unpaired) electrons. The van der Waals surface area contributed by atoms with Crippen LogP contribution in [0.5, 0.6) is 5.75 Å². The molecule has 2 bridgehead atoms. The van der Waals surface area contributed by atoms with Gasteiger partial charge in [0.05, 0.1) is 24.8 Å². The Labute approximate surface area is 113 Å². The van der Waals surface area contributed by atoms with Gasteiger partial charge in [-0.05, 0) is 18.6 Å². The summed E-state index contributed by atoms with van der Waals surface area (Å²) in [5.74, 6) is 0.784. The van der Waals surface area contributed by atoms with Crippen molar-refractivity contribution in [1.29, 1.82) is 0 Å². The maximum absolute atomic E-state index is 9.63. The Morgan fingerprint density at radius 3 is 3.00 bits per heavy atom. The number of hydrogen-bond donors (Lipinski definition) is 2. The quantitative estimate of drug-likeness (QED) is 0.824. The fourth-order valence-corrected chi connectivity index (χ4v) is 2.95. The number of piperidine rings is 1. The highest BCUT2D eigenvalue weighted by atomic mass is 16.7. The number of ether oxygens (including phenoxy) is 1. The topological polar surface area (TPSA) is 54.0 Å². The van der Waals surface area contributed by atoms with Gasteiger partial charge in [-0.1, -0.05) is 18.2 Å². The van der Waals surface area contributed by atoms with Gasteiger partial charge < -0.3 is 15.2 Å². The fourth-order valence-electron chi connectivity index (χ4n) is 2.95. The smallest absolute Gasteiger partial charge is 0.138 e. The minimum Gasteiger partial charge on any atom is -0.486 e. The number of fused-ring (bicyclic) bond motifs is 2. The van der Waals surface area contributed by atoms with Gasteiger partial charge in [0.1, 0.15) is 11.9 Å². The molecule has 0 unspecified atom stereocenters. The maximum Gasteiger partial charge on any atom is 0.138 e. The number of likely N-dealkylation sites (N-methyl/N-ethyl adjacent to an activating group) is 1. The molecule has 1 aromatic carbocycles. The molecule has 5 nitrogen and oxygen atoms in total. The van der Waals surface area contributed by atoms with Crippen LogP contribution in [0.1, 0.15) is 6.42 Å². The number of aliphatic hydroxyl groups excluding tert-OH is 1. The Morgan fingerprint density at radius 2 is 2.26 bits per heavy atom. The Bertz CT molecular complexity index is 414. The van der Waals surface area contributed by atoms with Crippen molar-refractivity contribution in [2.45, 2.75) is 30.7 Å². The van der Waals surface area contributed by atoms with E-state index in [-0.39, 0.29) is 30.9 Å². The normalized spacial score (nSPS) is 32.2. The molecular weight excluding hydrogens is 244 g/mol. The second kappa shape index (κ2) is 5.46. The van der Waals surface area contributed by atoms with Crippen molar-refractivity contribution in [3.8, 4) is 5.75 Å². The summed E-state index contributed by atoms with van der Waals surface area (Å²) in [6, 6.07) is 9.95. The van der Waals surface area contributed by atoms with Crippen LogP contribution in [0.15, 0.2) is 30.3 Å². The maximum atomic E-state index is 9.63. The summed E-state index contributed by atoms with van der Waals surface area (Å²) in [6.07, 6.45) is 0.975. The van der Waals surface area contributed by atoms with Crippen LogP contribution in [0, 0.1) is 0 Å². The zero-order valence-electron chi connectivity index (χ0n) is 11.0. The van der Waals surface area contributed by atoms with Gasteiger partial charge in [-0.2, -0.15) is 5.06 Å². The van der Waals surface area contributed by atoms with Crippen LogP contribution in [0.3, 0.4) is 0 Å². The number of para-hydroxylation sites is 1. The van der Waals surface area contributed by atoms with Crippen LogP contribution in [-0.4, -0.2) is 54.7 Å². The number of rotatable bonds is 4. The van der Waals surface area contributed by atoms with Crippen molar-refractivity contribution >= 4 is 0 Å². The van der Waals surface area contributed by atoms with E-state index in [0.29, 0.717) is 0 Å². The molecule has 0 aliphatic carbocycles. The van der Waals surface area contributed by atoms with Crippen molar-refractivity contribution in [2.75, 3.05) is 20.2 Å². The lowest BCUT2D eigenvalue weighted by Crippen LogP contribution is -2.57. The molecular formula is C14H20N2O3. The molecule has 0 spiro atoms. The van der Waals surface area contributed by atoms with E-state index in [1.165, 1.54) is 0 Å². The van der Waals surface area contributed by atoms with E-state index < -0.39 is 0 Å². The minimum atomic E-state index is -0.266. The highest BCUT2D eigenvalue weighted by Crippen LogP contribution is 2.28. The molecule has 0 amide bonds. The Morgan fingerprint density at radius 1 is 1.47 bits per heavy atom. The third kappa shape index (κ3) is 2.60. The zero-order valence-corrected chi connectivity index (χ0v) is 11.0. The first-order valence-corrected chi connectivity index (χ1v) is 6.73. The third-order valence-corrected chi connectivity index (χ3v) is 3.89. The minimum absolute atomic E-state index is 0.0123. The number of hydrogen-bond acceptors (Lipinski definition) is 5. The second-order valence-electron chi connectivity index (χ2n) is 5.16. The molecule has 0 aromatic heterocycles. The van der Waals surface area contributed by atoms with Gasteiger partial charge >= 0.3 is 0 Å². The molecule has 104 valence electrons. The lowest BCUT2D eigenvalue weighted by molar-refractivity contribution is -0.136. The third-order valence-electron chi connectivity index (χ3n) is 3.89. The highest BCUT2D eigenvalue weighted by Gasteiger charge is 2.44. The van der Waals surface area contributed by atoms with Gasteiger partial charge in [0.25, 0.3) is 0 Å². The predicted octanol–water partition coefficient (Wildman–Crippen LogP) is 0.402. The average Bonchev–Trinajstić information content (AvgIpc) is 2.73. The van der Waals surface area contributed by atoms with Crippen molar-refractivity contribution in [2.24, 2.45) is 0 Å². The first-order valence-electron chi connectivity index (χ1n) is 6.73. The first kappa shape index (κ1) is 12.9. The molecule has 2 aliphatic heterocycles. The lowest BCUT2D eigenvalue weighted by Gasteiger charge is -2.35. The van der Waals surface area contributed by atoms with E-state index in [4.69, 9.17) is 9.57 Å². The van der Waals surface area contributed by atoms with E-state index in [0.717, 1.165) is 18.7 Å². The summed E-state index contributed by atoms with van der Waals surface area (Å²) < 4.78 is 5.91. The van der Waals surface area contributed by atoms with Gasteiger partial charge in [-0.25, -0.2) is 0 Å². The first-order chi connectivity index (χ1) is 9.28. The van der Waals surface area contributed by atoms with Gasteiger partial charge in [0.15, 0.2) is 0 Å². The van der Waals surface area contributed by atoms with E-state index in [1.54, 1.807) is 0 Å². The number of nitrogens with zero attached hydrogens (tertiary/aromatic N) is 1. The van der Waals surface area contributed by atoms with E-state index >= 15 is 0 Å². The Balaban J connectivity index is 1.71. The summed E-state index contributed by atoms with van der Waals surface area (Å²) in [4.78, 5) is 5.69. The summed E-state index contributed by atoms with van der Waals surface area (Å²) in [5.41, 5.74) is 0. The monoisotopic (exact) mass is 264 g/mol. The largest absolute Gasteiger partial charge is 0.486 e. The molecule has 19 heavy (non-hydrogen) atoms. The number of hydroxylamine groups is 2. The van der Waals surface area contributed by atoms with Crippen LogP contribution >= 0.6 is 0 Å². The van der Waals surface area contributed by atoms with Crippen molar-refractivity contribution in [3.63, 3.8) is 0 Å². The molecule has 2 saturated heterocycles. The van der Waals surface area contributed by atoms with Gasteiger partial charge in [0, 0.05) is 13.6 Å². The van der Waals surface area contributed by atoms with Crippen LogP contribution in [0.25, 0.3) is 0 Å². The Kier molecular flexibility index (Phi) is 3.70. The van der Waals surface area contributed by atoms with Gasteiger partial charge in [0.2, 0.25) is 0 Å². The standard InChI is InChI=1S/C14H20N2O3/c1-16-12-7-11(19-16)8-15-14(12)13(9-17)18-10-5-3-2-4-6-10/h2-6,11-15,17H,7-9H2,1H3/t11-,12+,13+,14+/m1/s1. The molecule has 4 atom stereocenters. The molecule has 3 rings (SSSR count). The molecule has 2 N–H and O–H groups in total. The predicted molar refractivity (Wildman–Crippen MR) is 70.8 cm³/mol. The van der Waals surface area contributed by atoms with Crippen LogP contribution < -0.4 is 10.1 Å². The van der Waals surface area contributed by atoms with E-state index in [1.807, 2.05) is 42.4 Å². The number of nitrogens with one attached hydrogen (secondary N) is 1. The number of aliphatic hydroxyl groups is 1. The lowest BCUT2D eigenvalue weighted by atomic mass is 9.94. The molecule has 1 aromatic rings. The summed E-state index contributed by atoms with van der Waals surface area (Å²) in [6.45, 7) is 0.793. The summed E-state index contributed by atoms with van der Waals surface area (Å²) in [7, 11) is 1.95. The summed E-state index contributed by atoms with van der Waals surface area (Å²) >= 11 is 0.